The molecule has 2 aromatic carbocycles. The molecule has 0 aliphatic rings. The van der Waals surface area contributed by atoms with E-state index in [1.807, 2.05) is 0 Å². The number of alkyl halides is 2. The van der Waals surface area contributed by atoms with Crippen LogP contribution in [0, 0.1) is 0 Å². The van der Waals surface area contributed by atoms with Gasteiger partial charge in [0.25, 0.3) is 5.92 Å². The summed E-state index contributed by atoms with van der Waals surface area (Å²) in [7, 11) is 5.52. The van der Waals surface area contributed by atoms with Gasteiger partial charge in [0, 0.05) is 15.6 Å². The Morgan fingerprint density at radius 3 is 2.12 bits per heavy atom. The molecule has 0 saturated heterocycles. The highest BCUT2D eigenvalue weighted by molar-refractivity contribution is 9.10. The smallest absolute Gasteiger partial charge is 0.196 e. The molecule has 0 aliphatic heterocycles. The molecule has 0 unspecified atom stereocenters. The predicted molar refractivity (Wildman–Crippen MR) is 69.0 cm³/mol. The first-order valence-electron chi connectivity index (χ1n) is 5.00. The van der Waals surface area contributed by atoms with E-state index in [-0.39, 0.29) is 11.1 Å². The normalized spacial score (nSPS) is 11.5. The van der Waals surface area contributed by atoms with E-state index in [9.17, 15) is 8.78 Å². The highest BCUT2D eigenvalue weighted by atomic mass is 79.9. The Kier molecular flexibility index (Phi) is 3.34. The molecule has 0 bridgehead atoms. The summed E-state index contributed by atoms with van der Waals surface area (Å²) in [6.45, 7) is 0. The Morgan fingerprint density at radius 2 is 1.53 bits per heavy atom. The molecule has 0 N–H and O–H groups in total. The second kappa shape index (κ2) is 4.61. The van der Waals surface area contributed by atoms with Crippen LogP contribution in [0.15, 0.2) is 53.0 Å². The average Bonchev–Trinajstić information content (AvgIpc) is 2.29. The molecule has 0 amide bonds. The predicted octanol–water partition coefficient (Wildman–Crippen LogP) is 3.38. The third kappa shape index (κ3) is 2.57. The van der Waals surface area contributed by atoms with Gasteiger partial charge in [0.2, 0.25) is 0 Å². The van der Waals surface area contributed by atoms with Crippen LogP contribution >= 0.6 is 15.9 Å². The van der Waals surface area contributed by atoms with Gasteiger partial charge in [-0.25, -0.2) is 0 Å². The summed E-state index contributed by atoms with van der Waals surface area (Å²) in [5.74, 6) is -3.04. The quantitative estimate of drug-likeness (QED) is 0.745. The van der Waals surface area contributed by atoms with E-state index in [4.69, 9.17) is 7.85 Å². The SMILES string of the molecule is [B]c1cccc(C(F)(F)c2cccc(Br)c2)c1. The molecular weight excluding hydrogens is 285 g/mol. The second-order valence-electron chi connectivity index (χ2n) is 3.71. The highest BCUT2D eigenvalue weighted by Gasteiger charge is 2.33. The molecule has 2 radical (unpaired) electrons. The van der Waals surface area contributed by atoms with Crippen LogP contribution in [0.25, 0.3) is 0 Å². The van der Waals surface area contributed by atoms with Crippen molar-refractivity contribution in [2.75, 3.05) is 0 Å². The Hall–Kier alpha value is -1.16. The van der Waals surface area contributed by atoms with Crippen LogP contribution in [-0.4, -0.2) is 7.85 Å². The minimum atomic E-state index is -3.04. The van der Waals surface area contributed by atoms with Crippen molar-refractivity contribution in [1.82, 2.24) is 0 Å². The Morgan fingerprint density at radius 1 is 0.941 bits per heavy atom. The van der Waals surface area contributed by atoms with Crippen molar-refractivity contribution in [2.45, 2.75) is 5.92 Å². The zero-order valence-corrected chi connectivity index (χ0v) is 10.4. The molecule has 0 spiro atoms. The van der Waals surface area contributed by atoms with E-state index in [1.54, 1.807) is 18.2 Å². The number of rotatable bonds is 2. The molecule has 0 fully saturated rings. The maximum Gasteiger partial charge on any atom is 0.298 e. The number of halogens is 3. The van der Waals surface area contributed by atoms with Crippen molar-refractivity contribution in [3.05, 3.63) is 64.1 Å². The van der Waals surface area contributed by atoms with E-state index in [0.717, 1.165) is 0 Å². The van der Waals surface area contributed by atoms with Gasteiger partial charge in [-0.3, -0.25) is 0 Å². The van der Waals surface area contributed by atoms with Gasteiger partial charge in [-0.2, -0.15) is 8.78 Å². The van der Waals surface area contributed by atoms with Crippen LogP contribution in [0.5, 0.6) is 0 Å². The molecule has 0 aromatic heterocycles. The summed E-state index contributed by atoms with van der Waals surface area (Å²) in [6.07, 6.45) is 0. The fourth-order valence-electron chi connectivity index (χ4n) is 1.58. The Bertz CT molecular complexity index is 493. The van der Waals surface area contributed by atoms with E-state index in [2.05, 4.69) is 15.9 Å². The zero-order chi connectivity index (χ0) is 12.5. The molecule has 2 rings (SSSR count). The average molecular weight is 293 g/mol. The Labute approximate surface area is 108 Å². The molecule has 17 heavy (non-hydrogen) atoms. The van der Waals surface area contributed by atoms with Gasteiger partial charge >= 0.3 is 0 Å². The van der Waals surface area contributed by atoms with Gasteiger partial charge in [0.05, 0.1) is 0 Å². The van der Waals surface area contributed by atoms with Gasteiger partial charge < -0.3 is 0 Å². The summed E-state index contributed by atoms with van der Waals surface area (Å²) < 4.78 is 29.0. The van der Waals surface area contributed by atoms with Crippen LogP contribution in [0.1, 0.15) is 11.1 Å². The Balaban J connectivity index is 2.49. The van der Waals surface area contributed by atoms with Gasteiger partial charge in [0.15, 0.2) is 0 Å². The standard InChI is InChI=1S/C13H8BBrF2/c14-11-5-1-3-9(7-11)13(16,17)10-4-2-6-12(15)8-10/h1-8H. The molecule has 0 aliphatic carbocycles. The first-order valence-corrected chi connectivity index (χ1v) is 5.79. The molecular formula is C13H8BBrF2. The lowest BCUT2D eigenvalue weighted by atomic mass is 9.91. The molecule has 0 saturated carbocycles. The van der Waals surface area contributed by atoms with Crippen LogP contribution < -0.4 is 5.46 Å². The maximum atomic E-state index is 14.2. The minimum absolute atomic E-state index is 0.0579. The van der Waals surface area contributed by atoms with E-state index < -0.39 is 5.92 Å². The van der Waals surface area contributed by atoms with Crippen molar-refractivity contribution in [3.63, 3.8) is 0 Å². The number of hydrogen-bond donors (Lipinski definition) is 0. The zero-order valence-electron chi connectivity index (χ0n) is 8.83. The molecule has 2 aromatic rings. The topological polar surface area (TPSA) is 0 Å². The number of benzene rings is 2. The highest BCUT2D eigenvalue weighted by Crippen LogP contribution is 2.35. The minimum Gasteiger partial charge on any atom is -0.196 e. The third-order valence-corrected chi connectivity index (χ3v) is 2.93. The first kappa shape index (κ1) is 12.3. The first-order chi connectivity index (χ1) is 8.00. The van der Waals surface area contributed by atoms with Gasteiger partial charge in [-0.1, -0.05) is 57.8 Å². The number of hydrogen-bond acceptors (Lipinski definition) is 0. The van der Waals surface area contributed by atoms with Crippen molar-refractivity contribution < 1.29 is 8.78 Å². The van der Waals surface area contributed by atoms with Crippen molar-refractivity contribution in [1.29, 1.82) is 0 Å². The van der Waals surface area contributed by atoms with Crippen LogP contribution in [0.4, 0.5) is 8.78 Å². The van der Waals surface area contributed by atoms with Crippen LogP contribution in [0.3, 0.4) is 0 Å². The molecule has 4 heteroatoms. The van der Waals surface area contributed by atoms with Crippen molar-refractivity contribution in [3.8, 4) is 0 Å². The van der Waals surface area contributed by atoms with Crippen molar-refractivity contribution >= 4 is 29.2 Å². The van der Waals surface area contributed by atoms with Gasteiger partial charge in [-0.05, 0) is 12.1 Å². The molecule has 0 heterocycles. The van der Waals surface area contributed by atoms with E-state index in [0.29, 0.717) is 9.94 Å². The third-order valence-electron chi connectivity index (χ3n) is 2.44. The van der Waals surface area contributed by atoms with Crippen LogP contribution in [-0.2, 0) is 5.92 Å². The van der Waals surface area contributed by atoms with Gasteiger partial charge in [-0.15, -0.1) is 0 Å². The van der Waals surface area contributed by atoms with E-state index in [1.165, 1.54) is 30.3 Å². The maximum absolute atomic E-state index is 14.2. The molecule has 0 nitrogen and oxygen atoms in total. The lowest BCUT2D eigenvalue weighted by molar-refractivity contribution is 0.0428. The summed E-state index contributed by atoms with van der Waals surface area (Å²) in [6, 6.07) is 11.9. The monoisotopic (exact) mass is 292 g/mol. The van der Waals surface area contributed by atoms with Crippen LogP contribution in [0.2, 0.25) is 0 Å². The molecule has 0 atom stereocenters. The molecule has 84 valence electrons. The lowest BCUT2D eigenvalue weighted by Gasteiger charge is -2.18. The largest absolute Gasteiger partial charge is 0.298 e. The second-order valence-corrected chi connectivity index (χ2v) is 4.63. The van der Waals surface area contributed by atoms with Crippen molar-refractivity contribution in [2.24, 2.45) is 0 Å². The lowest BCUT2D eigenvalue weighted by Crippen LogP contribution is -2.17. The van der Waals surface area contributed by atoms with Gasteiger partial charge in [0.1, 0.15) is 7.85 Å². The fraction of sp³-hybridized carbons (Fsp3) is 0.0769. The fourth-order valence-corrected chi connectivity index (χ4v) is 1.98. The summed E-state index contributed by atoms with van der Waals surface area (Å²) >= 11 is 3.18. The summed E-state index contributed by atoms with van der Waals surface area (Å²) in [4.78, 5) is 0. The summed E-state index contributed by atoms with van der Waals surface area (Å²) in [5.41, 5.74) is 0.172. The van der Waals surface area contributed by atoms with E-state index >= 15 is 0 Å². The summed E-state index contributed by atoms with van der Waals surface area (Å²) in [5, 5.41) is 0.